The highest BCUT2D eigenvalue weighted by atomic mass is 16.1. The molecule has 2 rings (SSSR count). The second-order valence-electron chi connectivity index (χ2n) is 5.14. The van der Waals surface area contributed by atoms with E-state index in [0.29, 0.717) is 6.04 Å². The highest BCUT2D eigenvalue weighted by molar-refractivity contribution is 5.62. The van der Waals surface area contributed by atoms with Crippen LogP contribution in [0.15, 0.2) is 35.1 Å². The summed E-state index contributed by atoms with van der Waals surface area (Å²) >= 11 is 0. The molecule has 0 bridgehead atoms. The molecular weight excluding hydrogens is 250 g/mol. The lowest BCUT2D eigenvalue weighted by atomic mass is 10.1. The van der Waals surface area contributed by atoms with Gasteiger partial charge in [-0.15, -0.1) is 0 Å². The van der Waals surface area contributed by atoms with Crippen molar-refractivity contribution in [2.45, 2.75) is 45.6 Å². The Hall–Kier alpha value is -1.97. The molecule has 108 valence electrons. The van der Waals surface area contributed by atoms with E-state index < -0.39 is 0 Å². The summed E-state index contributed by atoms with van der Waals surface area (Å²) in [7, 11) is 0. The number of H-pyrrole nitrogens is 2. The molecule has 4 nitrogen and oxygen atoms in total. The summed E-state index contributed by atoms with van der Waals surface area (Å²) in [6.45, 7) is 4.44. The average Bonchev–Trinajstić information content (AvgIpc) is 2.90. The van der Waals surface area contributed by atoms with E-state index in [4.69, 9.17) is 0 Å². The number of anilines is 1. The van der Waals surface area contributed by atoms with Crippen LogP contribution in [0.5, 0.6) is 0 Å². The van der Waals surface area contributed by atoms with Gasteiger partial charge in [-0.2, -0.15) is 0 Å². The molecule has 0 radical (unpaired) electrons. The fourth-order valence-corrected chi connectivity index (χ4v) is 2.30. The van der Waals surface area contributed by atoms with Gasteiger partial charge in [-0.3, -0.25) is 15.0 Å². The van der Waals surface area contributed by atoms with Gasteiger partial charge in [-0.05, 0) is 30.5 Å². The molecular formula is C16H23N3O. The number of aromatic nitrogens is 2. The first-order valence-corrected chi connectivity index (χ1v) is 7.37. The molecule has 0 aliphatic carbocycles. The average molecular weight is 273 g/mol. The van der Waals surface area contributed by atoms with Crippen molar-refractivity contribution in [3.05, 3.63) is 40.7 Å². The van der Waals surface area contributed by atoms with Crippen LogP contribution in [0, 0.1) is 0 Å². The molecule has 0 spiro atoms. The zero-order valence-electron chi connectivity index (χ0n) is 12.2. The maximum Gasteiger partial charge on any atom is 0.264 e. The van der Waals surface area contributed by atoms with Crippen LogP contribution in [0.4, 0.5) is 5.69 Å². The van der Waals surface area contributed by atoms with Gasteiger partial charge >= 0.3 is 0 Å². The largest absolute Gasteiger partial charge is 0.382 e. The molecule has 0 saturated carbocycles. The van der Waals surface area contributed by atoms with Crippen LogP contribution < -0.4 is 10.9 Å². The summed E-state index contributed by atoms with van der Waals surface area (Å²) < 4.78 is 0. The van der Waals surface area contributed by atoms with Crippen LogP contribution in [0.25, 0.3) is 11.3 Å². The third-order valence-electron chi connectivity index (χ3n) is 3.56. The van der Waals surface area contributed by atoms with Gasteiger partial charge in [0, 0.05) is 17.8 Å². The number of hydrogen-bond acceptors (Lipinski definition) is 2. The summed E-state index contributed by atoms with van der Waals surface area (Å²) in [5.74, 6) is 0. The normalized spacial score (nSPS) is 12.3. The number of unbranched alkanes of at least 4 members (excludes halogenated alkanes) is 1. The molecule has 1 atom stereocenters. The van der Waals surface area contributed by atoms with Crippen molar-refractivity contribution in [3.63, 3.8) is 0 Å². The Morgan fingerprint density at radius 3 is 2.45 bits per heavy atom. The van der Waals surface area contributed by atoms with Gasteiger partial charge < -0.3 is 5.32 Å². The molecule has 1 unspecified atom stereocenters. The quantitative estimate of drug-likeness (QED) is 0.719. The number of rotatable bonds is 7. The Morgan fingerprint density at radius 1 is 1.15 bits per heavy atom. The van der Waals surface area contributed by atoms with E-state index in [1.165, 1.54) is 19.3 Å². The van der Waals surface area contributed by atoms with Crippen LogP contribution in [0.2, 0.25) is 0 Å². The van der Waals surface area contributed by atoms with Crippen LogP contribution in [-0.4, -0.2) is 16.2 Å². The van der Waals surface area contributed by atoms with Gasteiger partial charge in [-0.25, -0.2) is 0 Å². The Kier molecular flexibility index (Phi) is 5.04. The van der Waals surface area contributed by atoms with Crippen molar-refractivity contribution in [3.8, 4) is 11.3 Å². The van der Waals surface area contributed by atoms with E-state index in [2.05, 4.69) is 41.5 Å². The zero-order valence-corrected chi connectivity index (χ0v) is 12.2. The smallest absolute Gasteiger partial charge is 0.264 e. The predicted molar refractivity (Wildman–Crippen MR) is 84.1 cm³/mol. The molecule has 0 aliphatic rings. The van der Waals surface area contributed by atoms with Crippen LogP contribution in [0.1, 0.15) is 39.5 Å². The Labute approximate surface area is 119 Å². The van der Waals surface area contributed by atoms with Gasteiger partial charge in [0.15, 0.2) is 0 Å². The fraction of sp³-hybridized carbons (Fsp3) is 0.438. The first-order valence-electron chi connectivity index (χ1n) is 7.37. The Balaban J connectivity index is 2.02. The highest BCUT2D eigenvalue weighted by Gasteiger charge is 2.06. The lowest BCUT2D eigenvalue weighted by molar-refractivity contribution is 0.593. The van der Waals surface area contributed by atoms with Crippen LogP contribution >= 0.6 is 0 Å². The number of aromatic amines is 2. The van der Waals surface area contributed by atoms with Crippen LogP contribution in [0.3, 0.4) is 0 Å². The molecule has 1 aromatic heterocycles. The molecule has 1 aromatic carbocycles. The van der Waals surface area contributed by atoms with Gasteiger partial charge in [0.2, 0.25) is 0 Å². The third kappa shape index (κ3) is 3.76. The minimum Gasteiger partial charge on any atom is -0.382 e. The van der Waals surface area contributed by atoms with E-state index >= 15 is 0 Å². The molecule has 1 heterocycles. The topological polar surface area (TPSA) is 60.7 Å². The minimum absolute atomic E-state index is 0.104. The van der Waals surface area contributed by atoms with Crippen molar-refractivity contribution >= 4 is 5.69 Å². The summed E-state index contributed by atoms with van der Waals surface area (Å²) in [4.78, 5) is 11.1. The van der Waals surface area contributed by atoms with E-state index in [1.807, 2.05) is 12.1 Å². The fourth-order valence-electron chi connectivity index (χ4n) is 2.30. The molecule has 0 fully saturated rings. The zero-order chi connectivity index (χ0) is 14.4. The standard InChI is InChI=1S/C16H23N3O/c1-3-5-6-13(4-2)17-14-9-7-12(8-10-14)15-11-16(20)19-18-15/h7-11,13,17H,3-6H2,1-2H3,(H2,18,19,20). The highest BCUT2D eigenvalue weighted by Crippen LogP contribution is 2.19. The summed E-state index contributed by atoms with van der Waals surface area (Å²) in [5.41, 5.74) is 2.86. The monoisotopic (exact) mass is 273 g/mol. The van der Waals surface area contributed by atoms with Gasteiger partial charge in [0.05, 0.1) is 5.69 Å². The first kappa shape index (κ1) is 14.4. The van der Waals surface area contributed by atoms with Crippen molar-refractivity contribution < 1.29 is 0 Å². The van der Waals surface area contributed by atoms with Crippen molar-refractivity contribution in [2.75, 3.05) is 5.32 Å². The third-order valence-corrected chi connectivity index (χ3v) is 3.56. The molecule has 0 saturated heterocycles. The van der Waals surface area contributed by atoms with Gasteiger partial charge in [0.1, 0.15) is 0 Å². The second kappa shape index (κ2) is 6.98. The van der Waals surface area contributed by atoms with Crippen LogP contribution in [-0.2, 0) is 0 Å². The van der Waals surface area contributed by atoms with Crippen molar-refractivity contribution in [2.24, 2.45) is 0 Å². The summed E-state index contributed by atoms with van der Waals surface area (Å²) in [6.07, 6.45) is 4.83. The number of hydrogen-bond donors (Lipinski definition) is 3. The van der Waals surface area contributed by atoms with E-state index in [0.717, 1.165) is 23.4 Å². The second-order valence-corrected chi connectivity index (χ2v) is 5.14. The number of benzene rings is 1. The molecule has 0 amide bonds. The Bertz CT molecular complexity index is 568. The molecule has 4 heteroatoms. The van der Waals surface area contributed by atoms with Crippen molar-refractivity contribution in [1.82, 2.24) is 10.2 Å². The molecule has 2 aromatic rings. The molecule has 20 heavy (non-hydrogen) atoms. The lowest BCUT2D eigenvalue weighted by Gasteiger charge is -2.18. The predicted octanol–water partition coefficient (Wildman–Crippen LogP) is 3.75. The summed E-state index contributed by atoms with van der Waals surface area (Å²) in [6, 6.07) is 10.3. The Morgan fingerprint density at radius 2 is 1.90 bits per heavy atom. The SMILES string of the molecule is CCCCC(CC)Nc1ccc(-c2cc(=O)[nH][nH]2)cc1. The van der Waals surface area contributed by atoms with E-state index in [9.17, 15) is 4.79 Å². The summed E-state index contributed by atoms with van der Waals surface area (Å²) in [5, 5.41) is 8.98. The maximum atomic E-state index is 11.1. The first-order chi connectivity index (χ1) is 9.72. The molecule has 0 aliphatic heterocycles. The van der Waals surface area contributed by atoms with Gasteiger partial charge in [0.25, 0.3) is 5.56 Å². The lowest BCUT2D eigenvalue weighted by Crippen LogP contribution is -2.18. The maximum absolute atomic E-state index is 11.1. The minimum atomic E-state index is -0.104. The van der Waals surface area contributed by atoms with Crippen molar-refractivity contribution in [1.29, 1.82) is 0 Å². The van der Waals surface area contributed by atoms with E-state index in [1.54, 1.807) is 6.07 Å². The van der Waals surface area contributed by atoms with E-state index in [-0.39, 0.29) is 5.56 Å². The molecule has 3 N–H and O–H groups in total. The van der Waals surface area contributed by atoms with Gasteiger partial charge in [-0.1, -0.05) is 38.8 Å². The number of nitrogens with one attached hydrogen (secondary N) is 3.